The van der Waals surface area contributed by atoms with E-state index in [1.165, 1.54) is 0 Å². The van der Waals surface area contributed by atoms with Gasteiger partial charge < -0.3 is 11.1 Å². The quantitative estimate of drug-likeness (QED) is 0.488. The zero-order valence-electron chi connectivity index (χ0n) is 8.57. The fourth-order valence-electron chi connectivity index (χ4n) is 1.60. The van der Waals surface area contributed by atoms with Gasteiger partial charge >= 0.3 is 0 Å². The normalized spacial score (nSPS) is 15.8. The summed E-state index contributed by atoms with van der Waals surface area (Å²) in [7, 11) is 0. The average molecular weight is 234 g/mol. The predicted octanol–water partition coefficient (Wildman–Crippen LogP) is 0.484. The van der Waals surface area contributed by atoms with Crippen LogP contribution in [0.15, 0.2) is 23.3 Å². The Hall–Kier alpha value is -1.95. The SMILES string of the molecule is Cc1cccc2c1/C(=N/NC(N)=S)C(=O)N2. The van der Waals surface area contributed by atoms with E-state index in [1.54, 1.807) is 0 Å². The summed E-state index contributed by atoms with van der Waals surface area (Å²) < 4.78 is 0. The van der Waals surface area contributed by atoms with E-state index in [0.29, 0.717) is 5.71 Å². The first kappa shape index (κ1) is 10.6. The molecule has 0 saturated heterocycles. The second-order valence-corrected chi connectivity index (χ2v) is 3.83. The number of carbonyl (C=O) groups is 1. The summed E-state index contributed by atoms with van der Waals surface area (Å²) >= 11 is 4.63. The number of hydrogen-bond acceptors (Lipinski definition) is 3. The van der Waals surface area contributed by atoms with Crippen LogP contribution in [0.4, 0.5) is 5.69 Å². The van der Waals surface area contributed by atoms with Crippen LogP contribution in [0.25, 0.3) is 0 Å². The first-order valence-electron chi connectivity index (χ1n) is 4.64. The Bertz CT molecular complexity index is 510. The van der Waals surface area contributed by atoms with Crippen molar-refractivity contribution in [3.05, 3.63) is 29.3 Å². The summed E-state index contributed by atoms with van der Waals surface area (Å²) in [5.74, 6) is -0.256. The Morgan fingerprint density at radius 2 is 2.31 bits per heavy atom. The lowest BCUT2D eigenvalue weighted by Gasteiger charge is -2.02. The molecule has 2 rings (SSSR count). The van der Waals surface area contributed by atoms with Crippen LogP contribution in [0.2, 0.25) is 0 Å². The number of carbonyl (C=O) groups excluding carboxylic acids is 1. The van der Waals surface area contributed by atoms with Crippen LogP contribution in [0.5, 0.6) is 0 Å². The number of nitrogens with zero attached hydrogens (tertiary/aromatic N) is 1. The largest absolute Gasteiger partial charge is 0.375 e. The van der Waals surface area contributed by atoms with Gasteiger partial charge in [0.15, 0.2) is 10.8 Å². The number of fused-ring (bicyclic) bond motifs is 1. The highest BCUT2D eigenvalue weighted by Crippen LogP contribution is 2.25. The van der Waals surface area contributed by atoms with Crippen LogP contribution >= 0.6 is 12.2 Å². The van der Waals surface area contributed by atoms with E-state index in [2.05, 4.69) is 28.1 Å². The number of aryl methyl sites for hydroxylation is 1. The van der Waals surface area contributed by atoms with E-state index in [1.807, 2.05) is 25.1 Å². The predicted molar refractivity (Wildman–Crippen MR) is 66.3 cm³/mol. The highest BCUT2D eigenvalue weighted by atomic mass is 32.1. The minimum absolute atomic E-state index is 0.0299. The molecule has 6 heteroatoms. The van der Waals surface area contributed by atoms with Crippen molar-refractivity contribution in [2.24, 2.45) is 10.8 Å². The summed E-state index contributed by atoms with van der Waals surface area (Å²) in [5, 5.41) is 6.64. The van der Waals surface area contributed by atoms with Crippen LogP contribution in [0.3, 0.4) is 0 Å². The Morgan fingerprint density at radius 3 is 3.00 bits per heavy atom. The topological polar surface area (TPSA) is 79.5 Å². The number of nitrogens with one attached hydrogen (secondary N) is 2. The molecule has 0 fully saturated rings. The van der Waals surface area contributed by atoms with Crippen molar-refractivity contribution >= 4 is 34.6 Å². The Balaban J connectivity index is 2.46. The molecule has 0 atom stereocenters. The highest BCUT2D eigenvalue weighted by molar-refractivity contribution is 7.80. The molecule has 1 aromatic rings. The third-order valence-electron chi connectivity index (χ3n) is 2.25. The van der Waals surface area contributed by atoms with Crippen molar-refractivity contribution in [3.8, 4) is 0 Å². The standard InChI is InChI=1S/C10H10N4OS/c1-5-3-2-4-6-7(5)8(9(15)12-6)13-14-10(11)16/h2-4H,1H3,(H3,11,14,16)(H,12,13,15). The zero-order valence-corrected chi connectivity index (χ0v) is 9.39. The molecule has 16 heavy (non-hydrogen) atoms. The van der Waals surface area contributed by atoms with Gasteiger partial charge in [-0.05, 0) is 30.8 Å². The molecule has 82 valence electrons. The molecule has 1 aliphatic rings. The molecule has 1 aliphatic heterocycles. The van der Waals surface area contributed by atoms with Gasteiger partial charge in [0.25, 0.3) is 5.91 Å². The second kappa shape index (κ2) is 3.90. The fraction of sp³-hybridized carbons (Fsp3) is 0.100. The minimum Gasteiger partial charge on any atom is -0.375 e. The highest BCUT2D eigenvalue weighted by Gasteiger charge is 2.27. The third kappa shape index (κ3) is 1.74. The van der Waals surface area contributed by atoms with Gasteiger partial charge in [0.2, 0.25) is 0 Å². The third-order valence-corrected chi connectivity index (χ3v) is 2.34. The second-order valence-electron chi connectivity index (χ2n) is 3.39. The molecule has 0 saturated carbocycles. The van der Waals surface area contributed by atoms with Gasteiger partial charge in [-0.15, -0.1) is 0 Å². The van der Waals surface area contributed by atoms with E-state index in [4.69, 9.17) is 5.73 Å². The van der Waals surface area contributed by atoms with Gasteiger partial charge in [-0.2, -0.15) is 5.10 Å². The number of hydrogen-bond donors (Lipinski definition) is 3. The molecule has 1 amide bonds. The molecule has 0 aliphatic carbocycles. The van der Waals surface area contributed by atoms with E-state index in [0.717, 1.165) is 16.8 Å². The van der Waals surface area contributed by atoms with Gasteiger partial charge in [-0.1, -0.05) is 12.1 Å². The number of hydrazone groups is 1. The maximum Gasteiger partial charge on any atom is 0.276 e. The minimum atomic E-state index is -0.256. The first-order chi connectivity index (χ1) is 7.59. The van der Waals surface area contributed by atoms with E-state index < -0.39 is 0 Å². The summed E-state index contributed by atoms with van der Waals surface area (Å²) in [5.41, 5.74) is 10.5. The van der Waals surface area contributed by atoms with E-state index in [-0.39, 0.29) is 11.0 Å². The zero-order chi connectivity index (χ0) is 11.7. The van der Waals surface area contributed by atoms with Gasteiger partial charge in [-0.3, -0.25) is 10.2 Å². The molecule has 0 aromatic heterocycles. The molecule has 4 N–H and O–H groups in total. The van der Waals surface area contributed by atoms with Crippen molar-refractivity contribution in [3.63, 3.8) is 0 Å². The van der Waals surface area contributed by atoms with Crippen molar-refractivity contribution in [2.45, 2.75) is 6.92 Å². The monoisotopic (exact) mass is 234 g/mol. The molecular weight excluding hydrogens is 224 g/mol. The maximum atomic E-state index is 11.6. The summed E-state index contributed by atoms with van der Waals surface area (Å²) in [6.07, 6.45) is 0. The van der Waals surface area contributed by atoms with E-state index >= 15 is 0 Å². The molecule has 5 nitrogen and oxygen atoms in total. The van der Waals surface area contributed by atoms with Crippen LogP contribution in [-0.4, -0.2) is 16.7 Å². The molecule has 1 heterocycles. The van der Waals surface area contributed by atoms with Crippen LogP contribution in [-0.2, 0) is 4.79 Å². The van der Waals surface area contributed by atoms with Gasteiger partial charge in [0, 0.05) is 5.56 Å². The lowest BCUT2D eigenvalue weighted by molar-refractivity contribution is -0.110. The van der Waals surface area contributed by atoms with Crippen molar-refractivity contribution < 1.29 is 4.79 Å². The number of benzene rings is 1. The van der Waals surface area contributed by atoms with Crippen LogP contribution < -0.4 is 16.5 Å². The molecular formula is C10H10N4OS. The summed E-state index contributed by atoms with van der Waals surface area (Å²) in [6.45, 7) is 1.91. The smallest absolute Gasteiger partial charge is 0.276 e. The van der Waals surface area contributed by atoms with Crippen LogP contribution in [0.1, 0.15) is 11.1 Å². The number of amides is 1. The fourth-order valence-corrected chi connectivity index (χ4v) is 1.64. The summed E-state index contributed by atoms with van der Waals surface area (Å²) in [4.78, 5) is 11.6. The van der Waals surface area contributed by atoms with Crippen molar-refractivity contribution in [2.75, 3.05) is 5.32 Å². The Kier molecular flexibility index (Phi) is 2.57. The van der Waals surface area contributed by atoms with Crippen molar-refractivity contribution in [1.29, 1.82) is 0 Å². The Morgan fingerprint density at radius 1 is 1.56 bits per heavy atom. The maximum absolute atomic E-state index is 11.6. The van der Waals surface area contributed by atoms with E-state index in [9.17, 15) is 4.79 Å². The lowest BCUT2D eigenvalue weighted by atomic mass is 10.1. The number of nitrogens with two attached hydrogens (primary N) is 1. The molecule has 0 bridgehead atoms. The number of thiocarbonyl (C=S) groups is 1. The van der Waals surface area contributed by atoms with Gasteiger partial charge in [0.05, 0.1) is 5.69 Å². The lowest BCUT2D eigenvalue weighted by Crippen LogP contribution is -2.27. The molecule has 0 spiro atoms. The van der Waals surface area contributed by atoms with Gasteiger partial charge in [0.1, 0.15) is 0 Å². The molecule has 0 radical (unpaired) electrons. The molecule has 0 unspecified atom stereocenters. The van der Waals surface area contributed by atoms with Crippen molar-refractivity contribution in [1.82, 2.24) is 5.43 Å². The van der Waals surface area contributed by atoms with Gasteiger partial charge in [-0.25, -0.2) is 0 Å². The summed E-state index contributed by atoms with van der Waals surface area (Å²) in [6, 6.07) is 5.61. The number of rotatable bonds is 1. The first-order valence-corrected chi connectivity index (χ1v) is 5.05. The van der Waals surface area contributed by atoms with Crippen LogP contribution in [0, 0.1) is 6.92 Å². The Labute approximate surface area is 97.7 Å². The molecule has 1 aromatic carbocycles. The average Bonchev–Trinajstić information content (AvgIpc) is 2.52. The number of anilines is 1.